The molecule has 0 saturated carbocycles. The third kappa shape index (κ3) is 4.01. The smallest absolute Gasteiger partial charge is 0.146 e. The van der Waals surface area contributed by atoms with Crippen molar-refractivity contribution in [3.8, 4) is 0 Å². The van der Waals surface area contributed by atoms with Gasteiger partial charge in [-0.05, 0) is 64.4 Å². The lowest BCUT2D eigenvalue weighted by atomic mass is 9.97. The normalized spacial score (nSPS) is 22.8. The zero-order valence-electron chi connectivity index (χ0n) is 16.2. The molecule has 2 saturated heterocycles. The Labute approximate surface area is 156 Å². The predicted octanol–water partition coefficient (Wildman–Crippen LogP) is 3.08. The van der Waals surface area contributed by atoms with Crippen molar-refractivity contribution < 1.29 is 4.42 Å². The maximum Gasteiger partial charge on any atom is 0.146 e. The Balaban J connectivity index is 1.40. The molecule has 0 amide bonds. The standard InChI is InChI=1S/C20H31N5O/c1-16-8-9-18(26-16)14-25-12-6-7-17(13-25)20-22-21-19(23(20)2)15-24-10-4-3-5-11-24/h8-9,17H,3-7,10-15H2,1-2H3/t17-/m0/s1. The van der Waals surface area contributed by atoms with Crippen LogP contribution in [0.4, 0.5) is 0 Å². The van der Waals surface area contributed by atoms with Crippen LogP contribution in [0.1, 0.15) is 61.2 Å². The average Bonchev–Trinajstić information content (AvgIpc) is 3.22. The molecule has 142 valence electrons. The number of likely N-dealkylation sites (tertiary alicyclic amines) is 2. The van der Waals surface area contributed by atoms with E-state index >= 15 is 0 Å². The van der Waals surface area contributed by atoms with Crippen molar-refractivity contribution >= 4 is 0 Å². The van der Waals surface area contributed by atoms with Gasteiger partial charge in [0.05, 0.1) is 13.1 Å². The van der Waals surface area contributed by atoms with E-state index in [2.05, 4.69) is 37.7 Å². The first-order valence-electron chi connectivity index (χ1n) is 10.1. The number of hydrogen-bond donors (Lipinski definition) is 0. The number of hydrogen-bond acceptors (Lipinski definition) is 5. The van der Waals surface area contributed by atoms with Crippen LogP contribution in [-0.4, -0.2) is 50.7 Å². The van der Waals surface area contributed by atoms with E-state index < -0.39 is 0 Å². The van der Waals surface area contributed by atoms with E-state index in [9.17, 15) is 0 Å². The summed E-state index contributed by atoms with van der Waals surface area (Å²) in [7, 11) is 2.14. The Morgan fingerprint density at radius 2 is 1.81 bits per heavy atom. The minimum Gasteiger partial charge on any atom is -0.465 e. The van der Waals surface area contributed by atoms with Crippen LogP contribution in [0, 0.1) is 6.92 Å². The third-order valence-electron chi connectivity index (χ3n) is 5.86. The molecule has 2 aliphatic heterocycles. The Bertz CT molecular complexity index is 716. The van der Waals surface area contributed by atoms with Gasteiger partial charge in [0.1, 0.15) is 23.2 Å². The zero-order chi connectivity index (χ0) is 17.9. The van der Waals surface area contributed by atoms with Crippen molar-refractivity contribution in [3.63, 3.8) is 0 Å². The first-order valence-corrected chi connectivity index (χ1v) is 10.1. The van der Waals surface area contributed by atoms with Crippen molar-refractivity contribution in [3.05, 3.63) is 35.3 Å². The van der Waals surface area contributed by atoms with Gasteiger partial charge in [0.25, 0.3) is 0 Å². The lowest BCUT2D eigenvalue weighted by molar-refractivity contribution is 0.181. The fraction of sp³-hybridized carbons (Fsp3) is 0.700. The topological polar surface area (TPSA) is 50.3 Å². The number of aryl methyl sites for hydroxylation is 1. The molecule has 4 heterocycles. The lowest BCUT2D eigenvalue weighted by Crippen LogP contribution is -2.35. The van der Waals surface area contributed by atoms with Gasteiger partial charge in [-0.15, -0.1) is 10.2 Å². The largest absolute Gasteiger partial charge is 0.465 e. The van der Waals surface area contributed by atoms with Gasteiger partial charge in [0.15, 0.2) is 0 Å². The molecule has 0 unspecified atom stereocenters. The fourth-order valence-corrected chi connectivity index (χ4v) is 4.39. The van der Waals surface area contributed by atoms with E-state index in [1.807, 2.05) is 13.0 Å². The number of nitrogens with zero attached hydrogens (tertiary/aromatic N) is 5. The highest BCUT2D eigenvalue weighted by Crippen LogP contribution is 2.27. The van der Waals surface area contributed by atoms with E-state index in [0.29, 0.717) is 5.92 Å². The maximum absolute atomic E-state index is 5.76. The first kappa shape index (κ1) is 17.7. The second-order valence-corrected chi connectivity index (χ2v) is 7.96. The Kier molecular flexibility index (Phi) is 5.41. The summed E-state index contributed by atoms with van der Waals surface area (Å²) in [5.74, 6) is 4.78. The van der Waals surface area contributed by atoms with Gasteiger partial charge >= 0.3 is 0 Å². The molecule has 26 heavy (non-hydrogen) atoms. The van der Waals surface area contributed by atoms with E-state index in [4.69, 9.17) is 4.42 Å². The SMILES string of the molecule is Cc1ccc(CN2CCC[C@H](c3nnc(CN4CCCCC4)n3C)C2)o1. The molecular formula is C20H31N5O. The molecule has 2 aromatic heterocycles. The summed E-state index contributed by atoms with van der Waals surface area (Å²) in [6.45, 7) is 8.40. The molecule has 2 fully saturated rings. The Hall–Kier alpha value is -1.66. The quantitative estimate of drug-likeness (QED) is 0.823. The first-order chi connectivity index (χ1) is 12.7. The minimum absolute atomic E-state index is 0.465. The van der Waals surface area contributed by atoms with E-state index in [1.165, 1.54) is 45.2 Å². The molecule has 0 aliphatic carbocycles. The molecule has 0 radical (unpaired) electrons. The summed E-state index contributed by atoms with van der Waals surface area (Å²) in [6.07, 6.45) is 6.40. The van der Waals surface area contributed by atoms with Crippen molar-refractivity contribution in [2.75, 3.05) is 26.2 Å². The fourth-order valence-electron chi connectivity index (χ4n) is 4.39. The summed E-state index contributed by atoms with van der Waals surface area (Å²) in [6, 6.07) is 4.14. The molecule has 6 nitrogen and oxygen atoms in total. The number of piperidine rings is 2. The average molecular weight is 358 g/mol. The molecule has 2 aromatic rings. The molecule has 1 atom stereocenters. The molecule has 0 aromatic carbocycles. The highest BCUT2D eigenvalue weighted by Gasteiger charge is 2.27. The molecule has 0 bridgehead atoms. The van der Waals surface area contributed by atoms with Crippen LogP contribution < -0.4 is 0 Å². The number of furan rings is 1. The monoisotopic (exact) mass is 357 g/mol. The predicted molar refractivity (Wildman–Crippen MR) is 101 cm³/mol. The van der Waals surface area contributed by atoms with Crippen LogP contribution in [0.25, 0.3) is 0 Å². The van der Waals surface area contributed by atoms with Gasteiger partial charge < -0.3 is 8.98 Å². The third-order valence-corrected chi connectivity index (χ3v) is 5.86. The molecule has 2 aliphatic rings. The second kappa shape index (κ2) is 7.92. The summed E-state index contributed by atoms with van der Waals surface area (Å²) < 4.78 is 8.01. The highest BCUT2D eigenvalue weighted by atomic mass is 16.3. The van der Waals surface area contributed by atoms with Crippen LogP contribution in [-0.2, 0) is 20.1 Å². The van der Waals surface area contributed by atoms with Crippen LogP contribution in [0.15, 0.2) is 16.5 Å². The molecule has 6 heteroatoms. The van der Waals surface area contributed by atoms with Gasteiger partial charge in [-0.2, -0.15) is 0 Å². The maximum atomic E-state index is 5.76. The van der Waals surface area contributed by atoms with Gasteiger partial charge in [-0.25, -0.2) is 0 Å². The number of rotatable bonds is 5. The Morgan fingerprint density at radius 3 is 2.58 bits per heavy atom. The molecule has 4 rings (SSSR count). The van der Waals surface area contributed by atoms with Gasteiger partial charge in [-0.1, -0.05) is 6.42 Å². The highest BCUT2D eigenvalue weighted by molar-refractivity contribution is 5.07. The van der Waals surface area contributed by atoms with Crippen molar-refractivity contribution in [2.45, 2.75) is 58.0 Å². The van der Waals surface area contributed by atoms with E-state index in [0.717, 1.165) is 49.3 Å². The molecular weight excluding hydrogens is 326 g/mol. The van der Waals surface area contributed by atoms with Crippen LogP contribution in [0.5, 0.6) is 0 Å². The van der Waals surface area contributed by atoms with Crippen LogP contribution in [0.3, 0.4) is 0 Å². The summed E-state index contributed by atoms with van der Waals surface area (Å²) in [4.78, 5) is 5.01. The van der Waals surface area contributed by atoms with E-state index in [-0.39, 0.29) is 0 Å². The van der Waals surface area contributed by atoms with Crippen LogP contribution in [0.2, 0.25) is 0 Å². The van der Waals surface area contributed by atoms with Gasteiger partial charge in [0.2, 0.25) is 0 Å². The summed E-state index contributed by atoms with van der Waals surface area (Å²) >= 11 is 0. The molecule has 0 N–H and O–H groups in total. The van der Waals surface area contributed by atoms with Gasteiger partial charge in [0, 0.05) is 19.5 Å². The second-order valence-electron chi connectivity index (χ2n) is 7.96. The van der Waals surface area contributed by atoms with E-state index in [1.54, 1.807) is 0 Å². The lowest BCUT2D eigenvalue weighted by Gasteiger charge is -2.31. The van der Waals surface area contributed by atoms with Gasteiger partial charge in [-0.3, -0.25) is 9.80 Å². The minimum atomic E-state index is 0.465. The summed E-state index contributed by atoms with van der Waals surface area (Å²) in [5.41, 5.74) is 0. The Morgan fingerprint density at radius 1 is 1.00 bits per heavy atom. The van der Waals surface area contributed by atoms with Crippen molar-refractivity contribution in [2.24, 2.45) is 7.05 Å². The molecule has 0 spiro atoms. The number of aromatic nitrogens is 3. The zero-order valence-corrected chi connectivity index (χ0v) is 16.2. The van der Waals surface area contributed by atoms with Crippen LogP contribution >= 0.6 is 0 Å². The van der Waals surface area contributed by atoms with Crippen molar-refractivity contribution in [1.82, 2.24) is 24.6 Å². The summed E-state index contributed by atoms with van der Waals surface area (Å²) in [5, 5.41) is 9.12. The van der Waals surface area contributed by atoms with Crippen molar-refractivity contribution in [1.29, 1.82) is 0 Å².